The Balaban J connectivity index is 1.83. The molecule has 0 radical (unpaired) electrons. The number of rotatable bonds is 3. The number of thiophene rings is 1. The highest BCUT2D eigenvalue weighted by atomic mass is 32.1. The number of hydrogen-bond acceptors (Lipinski definition) is 3. The number of nitrogens with zero attached hydrogens (tertiary/aromatic N) is 1. The molecule has 1 aromatic carbocycles. The van der Waals surface area contributed by atoms with Gasteiger partial charge in [0.1, 0.15) is 0 Å². The van der Waals surface area contributed by atoms with Crippen LogP contribution in [0.1, 0.15) is 9.75 Å². The number of anilines is 1. The zero-order chi connectivity index (χ0) is 11.7. The van der Waals surface area contributed by atoms with Gasteiger partial charge in [-0.3, -0.25) is 5.10 Å². The van der Waals surface area contributed by atoms with Crippen LogP contribution in [-0.4, -0.2) is 10.2 Å². The second-order valence-corrected chi connectivity index (χ2v) is 5.38. The number of aryl methyl sites for hydroxylation is 1. The first kappa shape index (κ1) is 10.4. The topological polar surface area (TPSA) is 40.7 Å². The lowest BCUT2D eigenvalue weighted by atomic mass is 10.2. The van der Waals surface area contributed by atoms with Gasteiger partial charge >= 0.3 is 0 Å². The van der Waals surface area contributed by atoms with Crippen molar-refractivity contribution in [3.8, 4) is 0 Å². The lowest BCUT2D eigenvalue weighted by molar-refractivity contribution is 1.11. The van der Waals surface area contributed by atoms with Gasteiger partial charge in [-0.15, -0.1) is 11.3 Å². The number of aromatic amines is 1. The number of para-hydroxylation sites is 1. The maximum atomic E-state index is 4.06. The number of aromatic nitrogens is 2. The van der Waals surface area contributed by atoms with Gasteiger partial charge in [0.25, 0.3) is 0 Å². The Hall–Kier alpha value is -1.81. The molecule has 0 aliphatic rings. The lowest BCUT2D eigenvalue weighted by Crippen LogP contribution is -1.97. The van der Waals surface area contributed by atoms with Crippen molar-refractivity contribution in [1.82, 2.24) is 10.2 Å². The molecule has 4 heteroatoms. The van der Waals surface area contributed by atoms with E-state index in [0.717, 1.165) is 23.1 Å². The number of benzene rings is 1. The van der Waals surface area contributed by atoms with Gasteiger partial charge in [0.05, 0.1) is 17.4 Å². The van der Waals surface area contributed by atoms with Crippen LogP contribution in [0.5, 0.6) is 0 Å². The molecule has 0 amide bonds. The molecular formula is C13H13N3S. The Morgan fingerprint density at radius 1 is 1.29 bits per heavy atom. The van der Waals surface area contributed by atoms with E-state index in [2.05, 4.69) is 46.7 Å². The first-order chi connectivity index (χ1) is 8.33. The Kier molecular flexibility index (Phi) is 2.57. The molecule has 17 heavy (non-hydrogen) atoms. The van der Waals surface area contributed by atoms with E-state index in [1.165, 1.54) is 9.75 Å². The maximum Gasteiger partial charge on any atom is 0.0881 e. The minimum Gasteiger partial charge on any atom is -0.378 e. The van der Waals surface area contributed by atoms with Crippen molar-refractivity contribution in [3.05, 3.63) is 46.3 Å². The molecule has 0 unspecified atom stereocenters. The maximum absolute atomic E-state index is 4.06. The molecule has 0 fully saturated rings. The molecule has 0 saturated carbocycles. The van der Waals surface area contributed by atoms with Crippen molar-refractivity contribution in [1.29, 1.82) is 0 Å². The summed E-state index contributed by atoms with van der Waals surface area (Å²) in [5.41, 5.74) is 2.17. The molecule has 2 aromatic heterocycles. The summed E-state index contributed by atoms with van der Waals surface area (Å²) in [6, 6.07) is 10.5. The van der Waals surface area contributed by atoms with Gasteiger partial charge < -0.3 is 5.32 Å². The van der Waals surface area contributed by atoms with Gasteiger partial charge in [-0.1, -0.05) is 12.1 Å². The average molecular weight is 243 g/mol. The zero-order valence-corrected chi connectivity index (χ0v) is 10.3. The summed E-state index contributed by atoms with van der Waals surface area (Å²) in [5.74, 6) is 0. The van der Waals surface area contributed by atoms with E-state index in [-0.39, 0.29) is 0 Å². The van der Waals surface area contributed by atoms with Crippen LogP contribution >= 0.6 is 11.3 Å². The SMILES string of the molecule is Cc1ccc(CNc2cccc3cn[nH]c23)s1. The largest absolute Gasteiger partial charge is 0.378 e. The average Bonchev–Trinajstić information content (AvgIpc) is 2.94. The number of fused-ring (bicyclic) bond motifs is 1. The van der Waals surface area contributed by atoms with Crippen molar-refractivity contribution in [2.45, 2.75) is 13.5 Å². The minimum absolute atomic E-state index is 0.858. The predicted octanol–water partition coefficient (Wildman–Crippen LogP) is 3.54. The fourth-order valence-electron chi connectivity index (χ4n) is 1.88. The third kappa shape index (κ3) is 2.03. The van der Waals surface area contributed by atoms with Gasteiger partial charge in [0.15, 0.2) is 0 Å². The number of H-pyrrole nitrogens is 1. The number of nitrogens with one attached hydrogen (secondary N) is 2. The Bertz CT molecular complexity index is 639. The molecule has 2 N–H and O–H groups in total. The van der Waals surface area contributed by atoms with Crippen LogP contribution in [0.25, 0.3) is 10.9 Å². The highest BCUT2D eigenvalue weighted by Gasteiger charge is 2.02. The molecule has 3 aromatic rings. The van der Waals surface area contributed by atoms with E-state index in [4.69, 9.17) is 0 Å². The highest BCUT2D eigenvalue weighted by Crippen LogP contribution is 2.22. The summed E-state index contributed by atoms with van der Waals surface area (Å²) in [6.07, 6.45) is 1.84. The van der Waals surface area contributed by atoms with Crippen LogP contribution < -0.4 is 5.32 Å². The molecule has 3 nitrogen and oxygen atoms in total. The fourth-order valence-corrected chi connectivity index (χ4v) is 2.71. The third-order valence-corrected chi connectivity index (χ3v) is 3.73. The van der Waals surface area contributed by atoms with Gasteiger partial charge in [0, 0.05) is 21.7 Å². The van der Waals surface area contributed by atoms with Gasteiger partial charge in [-0.25, -0.2) is 0 Å². The second kappa shape index (κ2) is 4.22. The van der Waals surface area contributed by atoms with Crippen LogP contribution in [-0.2, 0) is 6.54 Å². The van der Waals surface area contributed by atoms with Crippen LogP contribution in [0.4, 0.5) is 5.69 Å². The Labute approximate surface area is 103 Å². The number of hydrogen-bond donors (Lipinski definition) is 2. The van der Waals surface area contributed by atoms with E-state index >= 15 is 0 Å². The molecule has 86 valence electrons. The lowest BCUT2D eigenvalue weighted by Gasteiger charge is -2.05. The summed E-state index contributed by atoms with van der Waals surface area (Å²) in [4.78, 5) is 2.69. The molecular weight excluding hydrogens is 230 g/mol. The molecule has 0 atom stereocenters. The van der Waals surface area contributed by atoms with Crippen LogP contribution in [0, 0.1) is 6.92 Å². The van der Waals surface area contributed by atoms with E-state index < -0.39 is 0 Å². The van der Waals surface area contributed by atoms with Crippen LogP contribution in [0.3, 0.4) is 0 Å². The van der Waals surface area contributed by atoms with Crippen molar-refractivity contribution in [2.75, 3.05) is 5.32 Å². The summed E-state index contributed by atoms with van der Waals surface area (Å²) in [5, 5.41) is 11.7. The zero-order valence-electron chi connectivity index (χ0n) is 9.53. The van der Waals surface area contributed by atoms with E-state index in [9.17, 15) is 0 Å². The van der Waals surface area contributed by atoms with E-state index in [0.29, 0.717) is 0 Å². The molecule has 0 saturated heterocycles. The summed E-state index contributed by atoms with van der Waals surface area (Å²) in [7, 11) is 0. The smallest absolute Gasteiger partial charge is 0.0881 e. The summed E-state index contributed by atoms with van der Waals surface area (Å²) >= 11 is 1.83. The molecule has 2 heterocycles. The van der Waals surface area contributed by atoms with Gasteiger partial charge in [0.2, 0.25) is 0 Å². The predicted molar refractivity (Wildman–Crippen MR) is 72.5 cm³/mol. The van der Waals surface area contributed by atoms with E-state index in [1.54, 1.807) is 0 Å². The van der Waals surface area contributed by atoms with Crippen molar-refractivity contribution in [2.24, 2.45) is 0 Å². The van der Waals surface area contributed by atoms with Crippen LogP contribution in [0.2, 0.25) is 0 Å². The summed E-state index contributed by atoms with van der Waals surface area (Å²) in [6.45, 7) is 2.99. The Morgan fingerprint density at radius 3 is 3.06 bits per heavy atom. The quantitative estimate of drug-likeness (QED) is 0.738. The minimum atomic E-state index is 0.858. The third-order valence-electron chi connectivity index (χ3n) is 2.73. The second-order valence-electron chi connectivity index (χ2n) is 4.01. The van der Waals surface area contributed by atoms with Gasteiger partial charge in [-0.05, 0) is 25.1 Å². The standard InChI is InChI=1S/C13H13N3S/c1-9-5-6-11(17-9)8-14-12-4-2-3-10-7-15-16-13(10)12/h2-7,14H,8H2,1H3,(H,15,16). The van der Waals surface area contributed by atoms with Crippen molar-refractivity contribution >= 4 is 27.9 Å². The molecule has 0 spiro atoms. The van der Waals surface area contributed by atoms with E-state index in [1.807, 2.05) is 23.6 Å². The molecule has 0 aliphatic carbocycles. The highest BCUT2D eigenvalue weighted by molar-refractivity contribution is 7.11. The normalized spacial score (nSPS) is 10.9. The first-order valence-corrected chi connectivity index (χ1v) is 6.36. The van der Waals surface area contributed by atoms with Crippen molar-refractivity contribution < 1.29 is 0 Å². The van der Waals surface area contributed by atoms with Gasteiger partial charge in [-0.2, -0.15) is 5.10 Å². The monoisotopic (exact) mass is 243 g/mol. The summed E-state index contributed by atoms with van der Waals surface area (Å²) < 4.78 is 0. The van der Waals surface area contributed by atoms with Crippen molar-refractivity contribution in [3.63, 3.8) is 0 Å². The molecule has 0 aliphatic heterocycles. The molecule has 3 rings (SSSR count). The first-order valence-electron chi connectivity index (χ1n) is 5.54. The van der Waals surface area contributed by atoms with Crippen LogP contribution in [0.15, 0.2) is 36.5 Å². The fraction of sp³-hybridized carbons (Fsp3) is 0.154. The Morgan fingerprint density at radius 2 is 2.24 bits per heavy atom. The molecule has 0 bridgehead atoms.